The molecule has 0 aromatic heterocycles. The maximum absolute atomic E-state index is 6.21. The zero-order valence-corrected chi connectivity index (χ0v) is 12.4. The largest absolute Gasteiger partial charge is 0.310 e. The van der Waals surface area contributed by atoms with Crippen molar-refractivity contribution in [3.8, 4) is 0 Å². The first-order chi connectivity index (χ1) is 8.68. The van der Waals surface area contributed by atoms with Crippen LogP contribution in [0.3, 0.4) is 0 Å². The minimum atomic E-state index is 0.613. The van der Waals surface area contributed by atoms with Gasteiger partial charge in [-0.15, -0.1) is 0 Å². The molecule has 1 nitrogen and oxygen atoms in total. The molecule has 2 atom stereocenters. The number of hydrogen-bond donors (Lipinski definition) is 1. The van der Waals surface area contributed by atoms with Crippen molar-refractivity contribution in [3.05, 3.63) is 33.8 Å². The van der Waals surface area contributed by atoms with Gasteiger partial charge in [-0.25, -0.2) is 0 Å². The van der Waals surface area contributed by atoms with E-state index in [-0.39, 0.29) is 0 Å². The first-order valence-electron chi connectivity index (χ1n) is 6.84. The second-order valence-corrected chi connectivity index (χ2v) is 6.10. The van der Waals surface area contributed by atoms with E-state index in [0.29, 0.717) is 16.1 Å². The Bertz CT molecular complexity index is 392. The third-order valence-electron chi connectivity index (χ3n) is 3.95. The molecule has 2 unspecified atom stereocenters. The maximum atomic E-state index is 6.21. The van der Waals surface area contributed by atoms with Gasteiger partial charge in [0.15, 0.2) is 0 Å². The molecule has 1 N–H and O–H groups in total. The normalized spacial score (nSPS) is 24.8. The molecule has 0 saturated heterocycles. The van der Waals surface area contributed by atoms with Crippen LogP contribution in [0.25, 0.3) is 0 Å². The molecule has 100 valence electrons. The number of rotatable bonds is 3. The van der Waals surface area contributed by atoms with Crippen LogP contribution >= 0.6 is 23.2 Å². The molecule has 1 aromatic carbocycles. The topological polar surface area (TPSA) is 12.0 Å². The molecule has 0 spiro atoms. The van der Waals surface area contributed by atoms with Crippen molar-refractivity contribution >= 4 is 23.2 Å². The summed E-state index contributed by atoms with van der Waals surface area (Å²) in [4.78, 5) is 0. The van der Waals surface area contributed by atoms with E-state index >= 15 is 0 Å². The first-order valence-corrected chi connectivity index (χ1v) is 7.60. The summed E-state index contributed by atoms with van der Waals surface area (Å²) in [7, 11) is 0. The van der Waals surface area contributed by atoms with Crippen LogP contribution in [-0.2, 0) is 6.54 Å². The predicted octanol–water partition coefficient (Wildman–Crippen LogP) is 5.05. The maximum Gasteiger partial charge on any atom is 0.0637 e. The van der Waals surface area contributed by atoms with E-state index in [9.17, 15) is 0 Å². The second kappa shape index (κ2) is 6.79. The van der Waals surface area contributed by atoms with E-state index in [2.05, 4.69) is 12.2 Å². The van der Waals surface area contributed by atoms with E-state index in [1.807, 2.05) is 18.2 Å². The van der Waals surface area contributed by atoms with Gasteiger partial charge in [0, 0.05) is 12.6 Å². The summed E-state index contributed by atoms with van der Waals surface area (Å²) in [6.45, 7) is 3.16. The predicted molar refractivity (Wildman–Crippen MR) is 79.3 cm³/mol. The summed E-state index contributed by atoms with van der Waals surface area (Å²) in [5, 5.41) is 4.98. The fourth-order valence-electron chi connectivity index (χ4n) is 2.72. The fraction of sp³-hybridized carbons (Fsp3) is 0.600. The number of nitrogens with one attached hydrogen (secondary N) is 1. The lowest BCUT2D eigenvalue weighted by atomic mass is 9.97. The van der Waals surface area contributed by atoms with E-state index in [0.717, 1.165) is 18.0 Å². The van der Waals surface area contributed by atoms with Gasteiger partial charge in [0.25, 0.3) is 0 Å². The summed E-state index contributed by atoms with van der Waals surface area (Å²) < 4.78 is 0. The van der Waals surface area contributed by atoms with Crippen molar-refractivity contribution in [2.45, 2.75) is 51.6 Å². The van der Waals surface area contributed by atoms with Crippen LogP contribution in [0.5, 0.6) is 0 Å². The van der Waals surface area contributed by atoms with Gasteiger partial charge in [-0.1, -0.05) is 61.5 Å². The quantitative estimate of drug-likeness (QED) is 0.766. The smallest absolute Gasteiger partial charge is 0.0637 e. The second-order valence-electron chi connectivity index (χ2n) is 5.32. The highest BCUT2D eigenvalue weighted by atomic mass is 35.5. The van der Waals surface area contributed by atoms with Crippen LogP contribution < -0.4 is 5.32 Å². The van der Waals surface area contributed by atoms with Crippen molar-refractivity contribution in [2.24, 2.45) is 5.92 Å². The first kappa shape index (κ1) is 14.2. The molecular formula is C15H21Cl2N. The lowest BCUT2D eigenvalue weighted by Crippen LogP contribution is -2.33. The van der Waals surface area contributed by atoms with Crippen LogP contribution in [0.1, 0.15) is 44.6 Å². The van der Waals surface area contributed by atoms with Crippen LogP contribution in [0, 0.1) is 5.92 Å². The molecule has 2 rings (SSSR count). The number of halogens is 2. The molecule has 1 fully saturated rings. The van der Waals surface area contributed by atoms with Crippen molar-refractivity contribution in [1.29, 1.82) is 0 Å². The monoisotopic (exact) mass is 285 g/mol. The third kappa shape index (κ3) is 3.63. The molecule has 1 saturated carbocycles. The zero-order chi connectivity index (χ0) is 13.0. The Morgan fingerprint density at radius 1 is 1.17 bits per heavy atom. The third-order valence-corrected chi connectivity index (χ3v) is 4.81. The Balaban J connectivity index is 1.95. The Labute approximate surface area is 120 Å². The highest BCUT2D eigenvalue weighted by Gasteiger charge is 2.19. The summed E-state index contributed by atoms with van der Waals surface area (Å²) in [6.07, 6.45) is 6.70. The Morgan fingerprint density at radius 3 is 2.78 bits per heavy atom. The average Bonchev–Trinajstić information content (AvgIpc) is 2.56. The summed E-state index contributed by atoms with van der Waals surface area (Å²) >= 11 is 12.2. The van der Waals surface area contributed by atoms with Gasteiger partial charge in [-0.2, -0.15) is 0 Å². The van der Waals surface area contributed by atoms with E-state index in [1.54, 1.807) is 0 Å². The van der Waals surface area contributed by atoms with Gasteiger partial charge in [-0.05, 0) is 30.4 Å². The summed E-state index contributed by atoms with van der Waals surface area (Å²) in [5.41, 5.74) is 1.10. The summed E-state index contributed by atoms with van der Waals surface area (Å²) in [6, 6.07) is 6.45. The standard InChI is InChI=1S/C15H21Cl2N/c1-11-6-3-2-4-9-14(11)18-10-12-7-5-8-13(16)15(12)17/h5,7-8,11,14,18H,2-4,6,9-10H2,1H3. The van der Waals surface area contributed by atoms with Gasteiger partial charge in [0.1, 0.15) is 0 Å². The number of benzene rings is 1. The molecule has 0 aliphatic heterocycles. The lowest BCUT2D eigenvalue weighted by Gasteiger charge is -2.23. The molecular weight excluding hydrogens is 265 g/mol. The SMILES string of the molecule is CC1CCCCCC1NCc1cccc(Cl)c1Cl. The van der Waals surface area contributed by atoms with Gasteiger partial charge < -0.3 is 5.32 Å². The highest BCUT2D eigenvalue weighted by molar-refractivity contribution is 6.42. The van der Waals surface area contributed by atoms with Crippen LogP contribution in [-0.4, -0.2) is 6.04 Å². The lowest BCUT2D eigenvalue weighted by molar-refractivity contribution is 0.356. The van der Waals surface area contributed by atoms with Gasteiger partial charge >= 0.3 is 0 Å². The minimum Gasteiger partial charge on any atom is -0.310 e. The summed E-state index contributed by atoms with van der Waals surface area (Å²) in [5.74, 6) is 0.755. The molecule has 1 aromatic rings. The molecule has 0 heterocycles. The van der Waals surface area contributed by atoms with Crippen molar-refractivity contribution in [2.75, 3.05) is 0 Å². The van der Waals surface area contributed by atoms with Crippen molar-refractivity contribution < 1.29 is 0 Å². The molecule has 0 bridgehead atoms. The molecule has 3 heteroatoms. The molecule has 18 heavy (non-hydrogen) atoms. The van der Waals surface area contributed by atoms with Gasteiger partial charge in [-0.3, -0.25) is 0 Å². The molecule has 1 aliphatic carbocycles. The van der Waals surface area contributed by atoms with Crippen molar-refractivity contribution in [1.82, 2.24) is 5.32 Å². The molecule has 0 amide bonds. The highest BCUT2D eigenvalue weighted by Crippen LogP contribution is 2.27. The molecule has 0 radical (unpaired) electrons. The minimum absolute atomic E-state index is 0.613. The van der Waals surface area contributed by atoms with Crippen LogP contribution in [0.2, 0.25) is 10.0 Å². The Hall–Kier alpha value is -0.240. The molecule has 1 aliphatic rings. The average molecular weight is 286 g/mol. The van der Waals surface area contributed by atoms with E-state index in [4.69, 9.17) is 23.2 Å². The van der Waals surface area contributed by atoms with Crippen LogP contribution in [0.4, 0.5) is 0 Å². The van der Waals surface area contributed by atoms with E-state index < -0.39 is 0 Å². The zero-order valence-electron chi connectivity index (χ0n) is 10.9. The van der Waals surface area contributed by atoms with E-state index in [1.165, 1.54) is 32.1 Å². The van der Waals surface area contributed by atoms with Gasteiger partial charge in [0.05, 0.1) is 10.0 Å². The Morgan fingerprint density at radius 2 is 1.94 bits per heavy atom. The fourth-order valence-corrected chi connectivity index (χ4v) is 3.11. The number of hydrogen-bond acceptors (Lipinski definition) is 1. The Kier molecular flexibility index (Phi) is 5.35. The van der Waals surface area contributed by atoms with Gasteiger partial charge in [0.2, 0.25) is 0 Å². The van der Waals surface area contributed by atoms with Crippen LogP contribution in [0.15, 0.2) is 18.2 Å². The van der Waals surface area contributed by atoms with Crippen molar-refractivity contribution in [3.63, 3.8) is 0 Å².